The normalized spacial score (nSPS) is 13.2. The largest absolute Gasteiger partial charge is 0.482 e. The van der Waals surface area contributed by atoms with E-state index in [1.807, 2.05) is 55.5 Å². The van der Waals surface area contributed by atoms with Gasteiger partial charge < -0.3 is 15.0 Å². The number of hydrogen-bond donors (Lipinski definition) is 1. The van der Waals surface area contributed by atoms with Gasteiger partial charge in [0.15, 0.2) is 6.61 Å². The average Bonchev–Trinajstić information content (AvgIpc) is 2.59. The summed E-state index contributed by atoms with van der Waals surface area (Å²) in [6.45, 7) is 2.89. The van der Waals surface area contributed by atoms with Crippen LogP contribution in [0.25, 0.3) is 0 Å². The van der Waals surface area contributed by atoms with Gasteiger partial charge in [0.1, 0.15) is 5.75 Å². The monoisotopic (exact) mass is 324 g/mol. The predicted molar refractivity (Wildman–Crippen MR) is 92.2 cm³/mol. The molecule has 124 valence electrons. The van der Waals surface area contributed by atoms with Crippen LogP contribution in [-0.4, -0.2) is 31.5 Å². The summed E-state index contributed by atoms with van der Waals surface area (Å²) in [5.41, 5.74) is 2.90. The number of ether oxygens (including phenoxy) is 1. The van der Waals surface area contributed by atoms with E-state index in [0.29, 0.717) is 25.3 Å². The Hall–Kier alpha value is -2.82. The summed E-state index contributed by atoms with van der Waals surface area (Å²) < 4.78 is 5.40. The van der Waals surface area contributed by atoms with Crippen LogP contribution in [0.1, 0.15) is 11.1 Å². The number of para-hydroxylation sites is 2. The Balaban J connectivity index is 1.53. The fourth-order valence-electron chi connectivity index (χ4n) is 2.66. The molecule has 2 aromatic rings. The number of rotatable bonds is 5. The number of carbonyl (C=O) groups excluding carboxylic acids is 2. The van der Waals surface area contributed by atoms with Gasteiger partial charge in [-0.3, -0.25) is 9.59 Å². The molecule has 0 radical (unpaired) electrons. The van der Waals surface area contributed by atoms with Gasteiger partial charge >= 0.3 is 0 Å². The van der Waals surface area contributed by atoms with Gasteiger partial charge in [0, 0.05) is 13.1 Å². The van der Waals surface area contributed by atoms with Crippen LogP contribution >= 0.6 is 0 Å². The molecule has 0 saturated carbocycles. The van der Waals surface area contributed by atoms with E-state index in [9.17, 15) is 9.59 Å². The topological polar surface area (TPSA) is 58.6 Å². The van der Waals surface area contributed by atoms with Crippen molar-refractivity contribution in [1.82, 2.24) is 5.32 Å². The van der Waals surface area contributed by atoms with Gasteiger partial charge in [0.05, 0.1) is 12.1 Å². The number of aryl methyl sites for hydroxylation is 1. The SMILES string of the molecule is Cc1ccc(CC(=O)NCCN2C(=O)COc3ccccc32)cc1. The van der Waals surface area contributed by atoms with Gasteiger partial charge in [-0.2, -0.15) is 0 Å². The number of nitrogens with zero attached hydrogens (tertiary/aromatic N) is 1. The minimum Gasteiger partial charge on any atom is -0.482 e. The highest BCUT2D eigenvalue weighted by Gasteiger charge is 2.24. The molecule has 1 aliphatic heterocycles. The molecule has 0 unspecified atom stereocenters. The first kappa shape index (κ1) is 16.1. The number of carbonyl (C=O) groups is 2. The highest BCUT2D eigenvalue weighted by atomic mass is 16.5. The van der Waals surface area contributed by atoms with E-state index in [0.717, 1.165) is 11.3 Å². The van der Waals surface area contributed by atoms with Gasteiger partial charge in [-0.1, -0.05) is 42.0 Å². The highest BCUT2D eigenvalue weighted by Crippen LogP contribution is 2.30. The van der Waals surface area contributed by atoms with E-state index < -0.39 is 0 Å². The third-order valence-electron chi connectivity index (χ3n) is 3.95. The smallest absolute Gasteiger partial charge is 0.265 e. The zero-order chi connectivity index (χ0) is 16.9. The van der Waals surface area contributed by atoms with Gasteiger partial charge in [-0.25, -0.2) is 0 Å². The van der Waals surface area contributed by atoms with Gasteiger partial charge in [-0.15, -0.1) is 0 Å². The summed E-state index contributed by atoms with van der Waals surface area (Å²) in [4.78, 5) is 25.7. The molecule has 5 heteroatoms. The van der Waals surface area contributed by atoms with E-state index in [1.165, 1.54) is 5.56 Å². The lowest BCUT2D eigenvalue weighted by molar-refractivity contribution is -0.122. The Bertz CT molecular complexity index is 741. The maximum atomic E-state index is 12.0. The molecule has 0 saturated heterocycles. The Morgan fingerprint density at radius 3 is 2.71 bits per heavy atom. The first-order chi connectivity index (χ1) is 11.6. The van der Waals surface area contributed by atoms with Crippen LogP contribution in [-0.2, 0) is 16.0 Å². The third-order valence-corrected chi connectivity index (χ3v) is 3.95. The van der Waals surface area contributed by atoms with Crippen molar-refractivity contribution in [3.8, 4) is 5.75 Å². The molecule has 1 N–H and O–H groups in total. The van der Waals surface area contributed by atoms with Gasteiger partial charge in [0.2, 0.25) is 5.91 Å². The van der Waals surface area contributed by atoms with Gasteiger partial charge in [-0.05, 0) is 24.6 Å². The van der Waals surface area contributed by atoms with Crippen LogP contribution in [0.4, 0.5) is 5.69 Å². The quantitative estimate of drug-likeness (QED) is 0.916. The number of anilines is 1. The van der Waals surface area contributed by atoms with Crippen LogP contribution in [0, 0.1) is 6.92 Å². The lowest BCUT2D eigenvalue weighted by Gasteiger charge is -2.29. The molecule has 0 atom stereocenters. The molecule has 24 heavy (non-hydrogen) atoms. The zero-order valence-electron chi connectivity index (χ0n) is 13.6. The van der Waals surface area contributed by atoms with Crippen molar-refractivity contribution in [2.24, 2.45) is 0 Å². The van der Waals surface area contributed by atoms with Crippen LogP contribution in [0.2, 0.25) is 0 Å². The maximum Gasteiger partial charge on any atom is 0.265 e. The summed E-state index contributed by atoms with van der Waals surface area (Å²) in [5.74, 6) is 0.553. The van der Waals surface area contributed by atoms with E-state index in [2.05, 4.69) is 5.32 Å². The lowest BCUT2D eigenvalue weighted by atomic mass is 10.1. The predicted octanol–water partition coefficient (Wildman–Crippen LogP) is 2.08. The second kappa shape index (κ2) is 7.17. The van der Waals surface area contributed by atoms with E-state index in [-0.39, 0.29) is 18.4 Å². The summed E-state index contributed by atoms with van der Waals surface area (Å²) >= 11 is 0. The second-order valence-corrected chi connectivity index (χ2v) is 5.81. The molecule has 3 rings (SSSR count). The highest BCUT2D eigenvalue weighted by molar-refractivity contribution is 5.97. The molecule has 1 heterocycles. The number of amides is 2. The molecular formula is C19H20N2O3. The standard InChI is InChI=1S/C19H20N2O3/c1-14-6-8-15(9-7-14)12-18(22)20-10-11-21-16-4-2-3-5-17(16)24-13-19(21)23/h2-9H,10-13H2,1H3,(H,20,22). The van der Waals surface area contributed by atoms with Crippen LogP contribution in [0.5, 0.6) is 5.75 Å². The Kier molecular flexibility index (Phi) is 4.79. The lowest BCUT2D eigenvalue weighted by Crippen LogP contribution is -2.43. The molecule has 0 aliphatic carbocycles. The fraction of sp³-hybridized carbons (Fsp3) is 0.263. The molecular weight excluding hydrogens is 304 g/mol. The molecule has 0 spiro atoms. The summed E-state index contributed by atoms with van der Waals surface area (Å²) in [6.07, 6.45) is 0.341. The van der Waals surface area contributed by atoms with Crippen molar-refractivity contribution in [3.05, 3.63) is 59.7 Å². The minimum absolute atomic E-state index is 0.0360. The van der Waals surface area contributed by atoms with Crippen molar-refractivity contribution in [1.29, 1.82) is 0 Å². The summed E-state index contributed by atoms with van der Waals surface area (Å²) in [5, 5.41) is 2.87. The average molecular weight is 324 g/mol. The van der Waals surface area contributed by atoms with E-state index in [4.69, 9.17) is 4.74 Å². The van der Waals surface area contributed by atoms with Crippen LogP contribution in [0.15, 0.2) is 48.5 Å². The first-order valence-electron chi connectivity index (χ1n) is 7.98. The molecule has 2 aromatic carbocycles. The van der Waals surface area contributed by atoms with E-state index >= 15 is 0 Å². The Morgan fingerprint density at radius 2 is 1.92 bits per heavy atom. The van der Waals surface area contributed by atoms with Crippen LogP contribution < -0.4 is 15.0 Å². The van der Waals surface area contributed by atoms with Crippen LogP contribution in [0.3, 0.4) is 0 Å². The first-order valence-corrected chi connectivity index (χ1v) is 7.98. The fourth-order valence-corrected chi connectivity index (χ4v) is 2.66. The third kappa shape index (κ3) is 3.74. The molecule has 2 amide bonds. The number of fused-ring (bicyclic) bond motifs is 1. The molecule has 0 bridgehead atoms. The van der Waals surface area contributed by atoms with Crippen molar-refractivity contribution < 1.29 is 14.3 Å². The summed E-state index contributed by atoms with van der Waals surface area (Å²) in [6, 6.07) is 15.3. The minimum atomic E-state index is -0.0958. The Morgan fingerprint density at radius 1 is 1.17 bits per heavy atom. The van der Waals surface area contributed by atoms with Crippen molar-refractivity contribution in [2.75, 3.05) is 24.6 Å². The number of hydrogen-bond acceptors (Lipinski definition) is 3. The Labute approximate surface area is 141 Å². The van der Waals surface area contributed by atoms with Crippen molar-refractivity contribution in [2.45, 2.75) is 13.3 Å². The van der Waals surface area contributed by atoms with Crippen molar-refractivity contribution in [3.63, 3.8) is 0 Å². The van der Waals surface area contributed by atoms with E-state index in [1.54, 1.807) is 4.90 Å². The zero-order valence-corrected chi connectivity index (χ0v) is 13.6. The molecule has 1 aliphatic rings. The summed E-state index contributed by atoms with van der Waals surface area (Å²) in [7, 11) is 0. The number of benzene rings is 2. The number of nitrogens with one attached hydrogen (secondary N) is 1. The molecule has 5 nitrogen and oxygen atoms in total. The molecule has 0 fully saturated rings. The molecule has 0 aromatic heterocycles. The maximum absolute atomic E-state index is 12.0. The van der Waals surface area contributed by atoms with Crippen molar-refractivity contribution >= 4 is 17.5 Å². The van der Waals surface area contributed by atoms with Gasteiger partial charge in [0.25, 0.3) is 5.91 Å². The second-order valence-electron chi connectivity index (χ2n) is 5.81.